The minimum atomic E-state index is -4.60. The van der Waals surface area contributed by atoms with Gasteiger partial charge in [0.1, 0.15) is 5.60 Å². The van der Waals surface area contributed by atoms with Crippen LogP contribution >= 0.6 is 0 Å². The first kappa shape index (κ1) is 16.5. The summed E-state index contributed by atoms with van der Waals surface area (Å²) in [6, 6.07) is 4.69. The van der Waals surface area contributed by atoms with Gasteiger partial charge in [-0.05, 0) is 25.0 Å². The molecule has 0 heterocycles. The van der Waals surface area contributed by atoms with Crippen molar-refractivity contribution in [3.8, 4) is 0 Å². The zero-order chi connectivity index (χ0) is 15.6. The molecule has 112 valence electrons. The standard InChI is InChI=1S/C14H17F3O3/c1-4-9(12(18)20-3)13(2,19)10-7-5-6-8-11(10)14(15,16)17/h5-9,19H,4H2,1-3H3. The lowest BCUT2D eigenvalue weighted by Gasteiger charge is -2.32. The zero-order valence-corrected chi connectivity index (χ0v) is 11.5. The van der Waals surface area contributed by atoms with Crippen LogP contribution in [0.15, 0.2) is 24.3 Å². The molecule has 0 bridgehead atoms. The average molecular weight is 290 g/mol. The van der Waals surface area contributed by atoms with E-state index in [0.717, 1.165) is 13.2 Å². The Labute approximate surface area is 115 Å². The van der Waals surface area contributed by atoms with Crippen LogP contribution in [0.1, 0.15) is 31.4 Å². The summed E-state index contributed by atoms with van der Waals surface area (Å²) in [6.45, 7) is 2.80. The van der Waals surface area contributed by atoms with E-state index in [1.54, 1.807) is 6.92 Å². The number of alkyl halides is 3. The Morgan fingerprint density at radius 1 is 1.30 bits per heavy atom. The number of esters is 1. The Morgan fingerprint density at radius 3 is 2.20 bits per heavy atom. The summed E-state index contributed by atoms with van der Waals surface area (Å²) in [6.07, 6.45) is -4.44. The average Bonchev–Trinajstić information content (AvgIpc) is 2.38. The molecule has 2 atom stereocenters. The van der Waals surface area contributed by atoms with E-state index in [-0.39, 0.29) is 12.0 Å². The van der Waals surface area contributed by atoms with Crippen molar-refractivity contribution in [1.29, 1.82) is 0 Å². The Balaban J connectivity index is 3.38. The maximum atomic E-state index is 13.0. The molecule has 0 radical (unpaired) electrons. The summed E-state index contributed by atoms with van der Waals surface area (Å²) < 4.78 is 43.6. The third kappa shape index (κ3) is 3.12. The van der Waals surface area contributed by atoms with Crippen molar-refractivity contribution in [3.05, 3.63) is 35.4 Å². The van der Waals surface area contributed by atoms with Gasteiger partial charge < -0.3 is 9.84 Å². The first-order chi connectivity index (χ1) is 9.16. The number of benzene rings is 1. The van der Waals surface area contributed by atoms with Crippen molar-refractivity contribution >= 4 is 5.97 Å². The van der Waals surface area contributed by atoms with Crippen LogP contribution in [0.5, 0.6) is 0 Å². The SMILES string of the molecule is CCC(C(=O)OC)C(C)(O)c1ccccc1C(F)(F)F. The van der Waals surface area contributed by atoms with Crippen LogP contribution in [0.2, 0.25) is 0 Å². The lowest BCUT2D eigenvalue weighted by Crippen LogP contribution is -2.39. The van der Waals surface area contributed by atoms with Gasteiger partial charge in [-0.1, -0.05) is 25.1 Å². The number of hydrogen-bond donors (Lipinski definition) is 1. The molecule has 0 aliphatic heterocycles. The Morgan fingerprint density at radius 2 is 1.80 bits per heavy atom. The van der Waals surface area contributed by atoms with Crippen molar-refractivity contribution in [2.75, 3.05) is 7.11 Å². The largest absolute Gasteiger partial charge is 0.469 e. The van der Waals surface area contributed by atoms with Gasteiger partial charge in [-0.2, -0.15) is 13.2 Å². The van der Waals surface area contributed by atoms with Gasteiger partial charge in [0.25, 0.3) is 0 Å². The fourth-order valence-corrected chi connectivity index (χ4v) is 2.30. The molecule has 6 heteroatoms. The first-order valence-electron chi connectivity index (χ1n) is 6.13. The fourth-order valence-electron chi connectivity index (χ4n) is 2.30. The summed E-state index contributed by atoms with van der Waals surface area (Å²) in [5.74, 6) is -1.81. The predicted molar refractivity (Wildman–Crippen MR) is 66.8 cm³/mol. The highest BCUT2D eigenvalue weighted by molar-refractivity contribution is 5.74. The van der Waals surface area contributed by atoms with E-state index < -0.39 is 29.2 Å². The monoisotopic (exact) mass is 290 g/mol. The van der Waals surface area contributed by atoms with Crippen LogP contribution in [-0.4, -0.2) is 18.2 Å². The van der Waals surface area contributed by atoms with E-state index in [4.69, 9.17) is 0 Å². The van der Waals surface area contributed by atoms with Gasteiger partial charge in [-0.3, -0.25) is 4.79 Å². The number of carbonyl (C=O) groups excluding carboxylic acids is 1. The van der Waals surface area contributed by atoms with Crippen LogP contribution in [0.25, 0.3) is 0 Å². The molecule has 0 saturated heterocycles. The summed E-state index contributed by atoms with van der Waals surface area (Å²) in [5.41, 5.74) is -3.24. The van der Waals surface area contributed by atoms with E-state index in [0.29, 0.717) is 0 Å². The molecule has 2 unspecified atom stereocenters. The quantitative estimate of drug-likeness (QED) is 0.867. The minimum absolute atomic E-state index is 0.159. The predicted octanol–water partition coefficient (Wildman–Crippen LogP) is 3.11. The van der Waals surface area contributed by atoms with Crippen LogP contribution < -0.4 is 0 Å². The van der Waals surface area contributed by atoms with Crippen LogP contribution in [0.4, 0.5) is 13.2 Å². The smallest absolute Gasteiger partial charge is 0.416 e. The normalized spacial score (nSPS) is 16.4. The van der Waals surface area contributed by atoms with Crippen LogP contribution in [0.3, 0.4) is 0 Å². The summed E-state index contributed by atoms with van der Waals surface area (Å²) in [5, 5.41) is 10.5. The van der Waals surface area contributed by atoms with Gasteiger partial charge in [0.2, 0.25) is 0 Å². The van der Waals surface area contributed by atoms with Crippen molar-refractivity contribution in [2.45, 2.75) is 32.0 Å². The molecule has 1 aromatic carbocycles. The molecule has 3 nitrogen and oxygen atoms in total. The number of rotatable bonds is 4. The van der Waals surface area contributed by atoms with Crippen molar-refractivity contribution in [3.63, 3.8) is 0 Å². The summed E-state index contributed by atoms with van der Waals surface area (Å²) in [7, 11) is 1.14. The Hall–Kier alpha value is -1.56. The molecule has 0 aromatic heterocycles. The molecule has 0 amide bonds. The molecule has 20 heavy (non-hydrogen) atoms. The molecule has 0 aliphatic rings. The maximum absolute atomic E-state index is 13.0. The molecule has 1 N–H and O–H groups in total. The number of aliphatic hydroxyl groups is 1. The highest BCUT2D eigenvalue weighted by Gasteiger charge is 2.44. The third-order valence-corrected chi connectivity index (χ3v) is 3.35. The van der Waals surface area contributed by atoms with Crippen LogP contribution in [-0.2, 0) is 21.3 Å². The molecule has 0 saturated carbocycles. The van der Waals surface area contributed by atoms with Gasteiger partial charge in [-0.25, -0.2) is 0 Å². The van der Waals surface area contributed by atoms with Crippen molar-refractivity contribution in [2.24, 2.45) is 5.92 Å². The summed E-state index contributed by atoms with van der Waals surface area (Å²) >= 11 is 0. The molecule has 0 spiro atoms. The lowest BCUT2D eigenvalue weighted by atomic mass is 9.79. The topological polar surface area (TPSA) is 46.5 Å². The number of carbonyl (C=O) groups is 1. The maximum Gasteiger partial charge on any atom is 0.416 e. The van der Waals surface area contributed by atoms with Gasteiger partial charge in [0.05, 0.1) is 18.6 Å². The second kappa shape index (κ2) is 5.83. The second-order valence-corrected chi connectivity index (χ2v) is 4.67. The van der Waals surface area contributed by atoms with Gasteiger partial charge >= 0.3 is 12.1 Å². The Kier molecular flexibility index (Phi) is 4.81. The molecule has 0 aliphatic carbocycles. The van der Waals surface area contributed by atoms with Crippen molar-refractivity contribution < 1.29 is 27.8 Å². The minimum Gasteiger partial charge on any atom is -0.469 e. The number of hydrogen-bond acceptors (Lipinski definition) is 3. The van der Waals surface area contributed by atoms with E-state index in [1.165, 1.54) is 25.1 Å². The number of methoxy groups -OCH3 is 1. The molecule has 1 rings (SSSR count). The molecule has 0 fully saturated rings. The highest BCUT2D eigenvalue weighted by Crippen LogP contribution is 2.40. The molecular weight excluding hydrogens is 273 g/mol. The van der Waals surface area contributed by atoms with Crippen LogP contribution in [0, 0.1) is 5.92 Å². The Bertz CT molecular complexity index is 481. The highest BCUT2D eigenvalue weighted by atomic mass is 19.4. The molecular formula is C14H17F3O3. The fraction of sp³-hybridized carbons (Fsp3) is 0.500. The number of ether oxygens (including phenoxy) is 1. The van der Waals surface area contributed by atoms with Gasteiger partial charge in [0, 0.05) is 0 Å². The lowest BCUT2D eigenvalue weighted by molar-refractivity contribution is -0.158. The summed E-state index contributed by atoms with van der Waals surface area (Å²) in [4.78, 5) is 11.7. The third-order valence-electron chi connectivity index (χ3n) is 3.35. The van der Waals surface area contributed by atoms with Gasteiger partial charge in [-0.15, -0.1) is 0 Å². The van der Waals surface area contributed by atoms with E-state index in [1.807, 2.05) is 0 Å². The second-order valence-electron chi connectivity index (χ2n) is 4.67. The molecule has 1 aromatic rings. The van der Waals surface area contributed by atoms with E-state index in [9.17, 15) is 23.1 Å². The van der Waals surface area contributed by atoms with E-state index in [2.05, 4.69) is 4.74 Å². The van der Waals surface area contributed by atoms with E-state index >= 15 is 0 Å². The number of halogens is 3. The van der Waals surface area contributed by atoms with Crippen molar-refractivity contribution in [1.82, 2.24) is 0 Å². The first-order valence-corrected chi connectivity index (χ1v) is 6.13. The van der Waals surface area contributed by atoms with Gasteiger partial charge in [0.15, 0.2) is 0 Å². The zero-order valence-electron chi connectivity index (χ0n) is 11.5.